The Balaban J connectivity index is 2.60. The standard InChI is InChI=1S/C13H18INO/c1-3-9(2)13(15)12(16)8-10-4-6-11(14)7-5-10/h4-7,9,13H,3,8,15H2,1-2H3. The van der Waals surface area contributed by atoms with Crippen LogP contribution in [0.15, 0.2) is 24.3 Å². The lowest BCUT2D eigenvalue weighted by atomic mass is 9.93. The highest BCUT2D eigenvalue weighted by molar-refractivity contribution is 14.1. The minimum atomic E-state index is -0.329. The van der Waals surface area contributed by atoms with Gasteiger partial charge in [-0.15, -0.1) is 0 Å². The number of nitrogens with two attached hydrogens (primary N) is 1. The lowest BCUT2D eigenvalue weighted by Gasteiger charge is -2.16. The van der Waals surface area contributed by atoms with E-state index in [1.54, 1.807) is 0 Å². The second kappa shape index (κ2) is 6.35. The number of hydrogen-bond donors (Lipinski definition) is 1. The van der Waals surface area contributed by atoms with Gasteiger partial charge in [-0.05, 0) is 46.2 Å². The van der Waals surface area contributed by atoms with E-state index in [-0.39, 0.29) is 17.7 Å². The van der Waals surface area contributed by atoms with Gasteiger partial charge in [0.1, 0.15) is 0 Å². The van der Waals surface area contributed by atoms with Gasteiger partial charge in [-0.1, -0.05) is 32.4 Å². The molecule has 0 radical (unpaired) electrons. The third kappa shape index (κ3) is 3.87. The zero-order valence-electron chi connectivity index (χ0n) is 9.74. The van der Waals surface area contributed by atoms with Crippen molar-refractivity contribution in [3.63, 3.8) is 0 Å². The van der Waals surface area contributed by atoms with Crippen LogP contribution in [0.4, 0.5) is 0 Å². The normalized spacial score (nSPS) is 14.5. The summed E-state index contributed by atoms with van der Waals surface area (Å²) in [6.45, 7) is 4.08. The Bertz CT molecular complexity index is 347. The number of carbonyl (C=O) groups is 1. The number of hydrogen-bond acceptors (Lipinski definition) is 2. The summed E-state index contributed by atoms with van der Waals surface area (Å²) in [5.74, 6) is 0.395. The van der Waals surface area contributed by atoms with Crippen LogP contribution in [-0.2, 0) is 11.2 Å². The van der Waals surface area contributed by atoms with Crippen LogP contribution in [0.3, 0.4) is 0 Å². The maximum atomic E-state index is 11.9. The molecule has 88 valence electrons. The Kier molecular flexibility index (Phi) is 5.41. The van der Waals surface area contributed by atoms with E-state index in [0.717, 1.165) is 12.0 Å². The van der Waals surface area contributed by atoms with Gasteiger partial charge < -0.3 is 5.73 Å². The van der Waals surface area contributed by atoms with Crippen LogP contribution in [0.2, 0.25) is 0 Å². The highest BCUT2D eigenvalue weighted by atomic mass is 127. The topological polar surface area (TPSA) is 43.1 Å². The van der Waals surface area contributed by atoms with Crippen LogP contribution in [0.5, 0.6) is 0 Å². The maximum Gasteiger partial charge on any atom is 0.154 e. The third-order valence-electron chi connectivity index (χ3n) is 2.92. The van der Waals surface area contributed by atoms with Crippen LogP contribution < -0.4 is 5.73 Å². The van der Waals surface area contributed by atoms with E-state index in [1.165, 1.54) is 3.57 Å². The van der Waals surface area contributed by atoms with Crippen molar-refractivity contribution in [2.24, 2.45) is 11.7 Å². The second-order valence-electron chi connectivity index (χ2n) is 4.18. The van der Waals surface area contributed by atoms with E-state index in [2.05, 4.69) is 29.5 Å². The molecule has 1 aromatic carbocycles. The van der Waals surface area contributed by atoms with E-state index in [9.17, 15) is 4.79 Å². The van der Waals surface area contributed by atoms with Crippen molar-refractivity contribution < 1.29 is 4.79 Å². The SMILES string of the molecule is CCC(C)C(N)C(=O)Cc1ccc(I)cc1. The second-order valence-corrected chi connectivity index (χ2v) is 5.43. The molecule has 2 nitrogen and oxygen atoms in total. The fourth-order valence-corrected chi connectivity index (χ4v) is 1.85. The zero-order chi connectivity index (χ0) is 12.1. The summed E-state index contributed by atoms with van der Waals surface area (Å²) < 4.78 is 1.18. The minimum Gasteiger partial charge on any atom is -0.321 e. The number of carbonyl (C=O) groups excluding carboxylic acids is 1. The van der Waals surface area contributed by atoms with Crippen LogP contribution in [0.1, 0.15) is 25.8 Å². The molecule has 0 saturated heterocycles. The molecule has 2 unspecified atom stereocenters. The van der Waals surface area contributed by atoms with Crippen molar-refractivity contribution in [3.05, 3.63) is 33.4 Å². The summed E-state index contributed by atoms with van der Waals surface area (Å²) in [5.41, 5.74) is 6.94. The molecule has 2 N–H and O–H groups in total. The smallest absolute Gasteiger partial charge is 0.154 e. The molecule has 0 aliphatic rings. The first-order chi connectivity index (χ1) is 7.54. The van der Waals surface area contributed by atoms with Gasteiger partial charge in [0.2, 0.25) is 0 Å². The van der Waals surface area contributed by atoms with E-state index >= 15 is 0 Å². The minimum absolute atomic E-state index is 0.135. The lowest BCUT2D eigenvalue weighted by molar-refractivity contribution is -0.120. The van der Waals surface area contributed by atoms with Gasteiger partial charge in [-0.2, -0.15) is 0 Å². The molecule has 3 heteroatoms. The number of halogens is 1. The highest BCUT2D eigenvalue weighted by Gasteiger charge is 2.19. The molecule has 2 atom stereocenters. The summed E-state index contributed by atoms with van der Waals surface area (Å²) in [7, 11) is 0. The van der Waals surface area contributed by atoms with E-state index in [0.29, 0.717) is 6.42 Å². The first-order valence-electron chi connectivity index (χ1n) is 5.57. The quantitative estimate of drug-likeness (QED) is 0.843. The van der Waals surface area contributed by atoms with Crippen molar-refractivity contribution in [3.8, 4) is 0 Å². The molecule has 16 heavy (non-hydrogen) atoms. The van der Waals surface area contributed by atoms with Gasteiger partial charge in [0.25, 0.3) is 0 Å². The molecule has 1 aromatic rings. The molecule has 0 aromatic heterocycles. The van der Waals surface area contributed by atoms with Crippen LogP contribution in [0.25, 0.3) is 0 Å². The molecule has 1 rings (SSSR count). The molecule has 0 fully saturated rings. The van der Waals surface area contributed by atoms with Gasteiger partial charge in [-0.3, -0.25) is 4.79 Å². The predicted octanol–water partition coefficient (Wildman–Crippen LogP) is 2.78. The molecular formula is C13H18INO. The first-order valence-corrected chi connectivity index (χ1v) is 6.65. The molecule has 0 saturated carbocycles. The van der Waals surface area contributed by atoms with Gasteiger partial charge in [0.05, 0.1) is 6.04 Å². The fraction of sp³-hybridized carbons (Fsp3) is 0.462. The monoisotopic (exact) mass is 331 g/mol. The van der Waals surface area contributed by atoms with Crippen LogP contribution in [0, 0.1) is 9.49 Å². The summed E-state index contributed by atoms with van der Waals surface area (Å²) >= 11 is 2.25. The average molecular weight is 331 g/mol. The Hall–Kier alpha value is -0.420. The zero-order valence-corrected chi connectivity index (χ0v) is 11.9. The number of benzene rings is 1. The number of Topliss-reactive ketones (excluding diaryl/α,β-unsaturated/α-hetero) is 1. The third-order valence-corrected chi connectivity index (χ3v) is 3.64. The van der Waals surface area contributed by atoms with Crippen molar-refractivity contribution >= 4 is 28.4 Å². The summed E-state index contributed by atoms with van der Waals surface area (Å²) in [4.78, 5) is 11.9. The predicted molar refractivity (Wildman–Crippen MR) is 75.3 cm³/mol. The van der Waals surface area contributed by atoms with Gasteiger partial charge in [0, 0.05) is 9.99 Å². The van der Waals surface area contributed by atoms with Crippen molar-refractivity contribution in [1.82, 2.24) is 0 Å². The van der Waals surface area contributed by atoms with Gasteiger partial charge >= 0.3 is 0 Å². The van der Waals surface area contributed by atoms with Crippen LogP contribution >= 0.6 is 22.6 Å². The van der Waals surface area contributed by atoms with Gasteiger partial charge in [0.15, 0.2) is 5.78 Å². The van der Waals surface area contributed by atoms with Crippen molar-refractivity contribution in [2.45, 2.75) is 32.7 Å². The summed E-state index contributed by atoms with van der Waals surface area (Å²) in [6.07, 6.45) is 1.39. The number of ketones is 1. The van der Waals surface area contributed by atoms with Crippen LogP contribution in [-0.4, -0.2) is 11.8 Å². The molecule has 0 amide bonds. The maximum absolute atomic E-state index is 11.9. The Morgan fingerprint density at radius 2 is 1.94 bits per heavy atom. The highest BCUT2D eigenvalue weighted by Crippen LogP contribution is 2.11. The number of rotatable bonds is 5. The summed E-state index contributed by atoms with van der Waals surface area (Å²) in [6, 6.07) is 7.67. The van der Waals surface area contributed by atoms with Crippen molar-refractivity contribution in [2.75, 3.05) is 0 Å². The van der Waals surface area contributed by atoms with Gasteiger partial charge in [-0.25, -0.2) is 0 Å². The molecule has 0 bridgehead atoms. The van der Waals surface area contributed by atoms with E-state index < -0.39 is 0 Å². The Labute approximate surface area is 111 Å². The van der Waals surface area contributed by atoms with Crippen molar-refractivity contribution in [1.29, 1.82) is 0 Å². The first kappa shape index (κ1) is 13.6. The average Bonchev–Trinajstić information content (AvgIpc) is 2.30. The molecule has 0 aliphatic carbocycles. The molecular weight excluding hydrogens is 313 g/mol. The largest absolute Gasteiger partial charge is 0.321 e. The van der Waals surface area contributed by atoms with E-state index in [4.69, 9.17) is 5.73 Å². The molecule has 0 aliphatic heterocycles. The molecule has 0 spiro atoms. The Morgan fingerprint density at radius 1 is 1.38 bits per heavy atom. The summed E-state index contributed by atoms with van der Waals surface area (Å²) in [5, 5.41) is 0. The lowest BCUT2D eigenvalue weighted by Crippen LogP contribution is -2.37. The fourth-order valence-electron chi connectivity index (χ4n) is 1.49. The Morgan fingerprint density at radius 3 is 2.44 bits per heavy atom. The van der Waals surface area contributed by atoms with E-state index in [1.807, 2.05) is 31.2 Å². The molecule has 0 heterocycles.